The summed E-state index contributed by atoms with van der Waals surface area (Å²) >= 11 is 0. The van der Waals surface area contributed by atoms with Gasteiger partial charge in [-0.1, -0.05) is 12.1 Å². The molecule has 0 unspecified atom stereocenters. The van der Waals surface area contributed by atoms with Crippen LogP contribution < -0.4 is 10.2 Å². The maximum atomic E-state index is 13.2. The Morgan fingerprint density at radius 3 is 2.32 bits per heavy atom. The molecule has 0 aliphatic carbocycles. The standard InChI is InChI=1S/C19H21F3N4O2/c1-11-8-9-26(11)17-24-14(19(20,21)22)10-15(25-17)23-13-6-4-12(5-7-13)18(2,3)16(27)28/h4-7,10-11H,8-9H2,1-3H3,(H,27,28)(H,23,24,25)/t11-/m0/s1. The molecule has 1 aromatic carbocycles. The zero-order valence-corrected chi connectivity index (χ0v) is 15.7. The number of carboxylic acid groups (broad SMARTS) is 1. The lowest BCUT2D eigenvalue weighted by Crippen LogP contribution is -2.46. The molecule has 3 rings (SSSR count). The van der Waals surface area contributed by atoms with Gasteiger partial charge in [0, 0.05) is 24.3 Å². The number of hydrogen-bond donors (Lipinski definition) is 2. The van der Waals surface area contributed by atoms with E-state index in [4.69, 9.17) is 0 Å². The second-order valence-corrected chi connectivity index (χ2v) is 7.40. The lowest BCUT2D eigenvalue weighted by molar-refractivity contribution is -0.142. The molecule has 1 atom stereocenters. The Hall–Kier alpha value is -2.84. The molecule has 6 nitrogen and oxygen atoms in total. The summed E-state index contributed by atoms with van der Waals surface area (Å²) in [5, 5.41) is 12.2. The summed E-state index contributed by atoms with van der Waals surface area (Å²) in [6, 6.07) is 7.43. The number of alkyl halides is 3. The normalized spacial score (nSPS) is 17.2. The van der Waals surface area contributed by atoms with Crippen LogP contribution in [0.25, 0.3) is 0 Å². The number of anilines is 3. The van der Waals surface area contributed by atoms with Gasteiger partial charge in [-0.3, -0.25) is 4.79 Å². The van der Waals surface area contributed by atoms with Crippen LogP contribution in [-0.4, -0.2) is 33.6 Å². The molecule has 2 N–H and O–H groups in total. The lowest BCUT2D eigenvalue weighted by atomic mass is 9.85. The zero-order valence-electron chi connectivity index (χ0n) is 15.7. The van der Waals surface area contributed by atoms with Crippen molar-refractivity contribution in [3.63, 3.8) is 0 Å². The van der Waals surface area contributed by atoms with Crippen molar-refractivity contribution in [1.82, 2.24) is 9.97 Å². The van der Waals surface area contributed by atoms with Gasteiger partial charge in [-0.05, 0) is 44.9 Å². The number of rotatable bonds is 5. The summed E-state index contributed by atoms with van der Waals surface area (Å²) in [5.41, 5.74) is -1.00. The Bertz CT molecular complexity index is 882. The maximum absolute atomic E-state index is 13.2. The van der Waals surface area contributed by atoms with Gasteiger partial charge in [-0.15, -0.1) is 0 Å². The van der Waals surface area contributed by atoms with E-state index in [0.717, 1.165) is 12.5 Å². The smallest absolute Gasteiger partial charge is 0.433 e. The van der Waals surface area contributed by atoms with Crippen LogP contribution in [0.15, 0.2) is 30.3 Å². The quantitative estimate of drug-likeness (QED) is 0.791. The maximum Gasteiger partial charge on any atom is 0.433 e. The van der Waals surface area contributed by atoms with E-state index < -0.39 is 23.3 Å². The Morgan fingerprint density at radius 1 is 1.21 bits per heavy atom. The number of nitrogens with zero attached hydrogens (tertiary/aromatic N) is 3. The van der Waals surface area contributed by atoms with Crippen molar-refractivity contribution >= 4 is 23.4 Å². The van der Waals surface area contributed by atoms with E-state index in [1.807, 2.05) is 6.92 Å². The first-order valence-corrected chi connectivity index (χ1v) is 8.82. The van der Waals surface area contributed by atoms with Gasteiger partial charge in [-0.2, -0.15) is 18.2 Å². The van der Waals surface area contributed by atoms with Gasteiger partial charge < -0.3 is 15.3 Å². The van der Waals surface area contributed by atoms with E-state index >= 15 is 0 Å². The predicted octanol–water partition coefficient (Wildman–Crippen LogP) is 4.20. The van der Waals surface area contributed by atoms with Crippen molar-refractivity contribution < 1.29 is 23.1 Å². The van der Waals surface area contributed by atoms with Crippen molar-refractivity contribution in [2.75, 3.05) is 16.8 Å². The SMILES string of the molecule is C[C@H]1CCN1c1nc(Nc2ccc(C(C)(C)C(=O)O)cc2)cc(C(F)(F)F)n1. The number of halogens is 3. The molecule has 2 heterocycles. The Morgan fingerprint density at radius 2 is 1.86 bits per heavy atom. The molecule has 0 spiro atoms. The van der Waals surface area contributed by atoms with Crippen LogP contribution in [0.3, 0.4) is 0 Å². The average Bonchev–Trinajstić information content (AvgIpc) is 2.60. The number of carboxylic acids is 1. The molecule has 2 aromatic rings. The van der Waals surface area contributed by atoms with Crippen LogP contribution in [0.5, 0.6) is 0 Å². The molecule has 0 bridgehead atoms. The van der Waals surface area contributed by atoms with Gasteiger partial charge in [0.25, 0.3) is 0 Å². The molecule has 0 amide bonds. The molecule has 1 aromatic heterocycles. The fourth-order valence-corrected chi connectivity index (χ4v) is 2.83. The first kappa shape index (κ1) is 19.9. The molecule has 1 saturated heterocycles. The molecule has 150 valence electrons. The van der Waals surface area contributed by atoms with Crippen molar-refractivity contribution in [3.05, 3.63) is 41.6 Å². The topological polar surface area (TPSA) is 78.4 Å². The van der Waals surface area contributed by atoms with Gasteiger partial charge in [0.2, 0.25) is 5.95 Å². The van der Waals surface area contributed by atoms with E-state index in [1.54, 1.807) is 43.0 Å². The highest BCUT2D eigenvalue weighted by Gasteiger charge is 2.36. The first-order chi connectivity index (χ1) is 13.0. The number of carbonyl (C=O) groups is 1. The van der Waals surface area contributed by atoms with Crippen LogP contribution in [0.1, 0.15) is 38.4 Å². The summed E-state index contributed by atoms with van der Waals surface area (Å²) in [4.78, 5) is 21.0. The Balaban J connectivity index is 1.89. The second-order valence-electron chi connectivity index (χ2n) is 7.40. The number of aromatic nitrogens is 2. The van der Waals surface area contributed by atoms with Gasteiger partial charge in [-0.25, -0.2) is 4.98 Å². The molecule has 9 heteroatoms. The molecule has 1 aliphatic rings. The summed E-state index contributed by atoms with van der Waals surface area (Å²) in [6.45, 7) is 5.68. The van der Waals surface area contributed by atoms with Crippen LogP contribution in [0.2, 0.25) is 0 Å². The highest BCUT2D eigenvalue weighted by molar-refractivity contribution is 5.80. The van der Waals surface area contributed by atoms with Gasteiger partial charge in [0.15, 0.2) is 5.69 Å². The monoisotopic (exact) mass is 394 g/mol. The predicted molar refractivity (Wildman–Crippen MR) is 98.8 cm³/mol. The molecule has 1 fully saturated rings. The van der Waals surface area contributed by atoms with Crippen LogP contribution in [0, 0.1) is 0 Å². The van der Waals surface area contributed by atoms with E-state index in [1.165, 1.54) is 0 Å². The molecule has 28 heavy (non-hydrogen) atoms. The number of nitrogens with one attached hydrogen (secondary N) is 1. The Kier molecular flexibility index (Phi) is 4.95. The highest BCUT2D eigenvalue weighted by Crippen LogP contribution is 2.33. The summed E-state index contributed by atoms with van der Waals surface area (Å²) < 4.78 is 39.7. The van der Waals surface area contributed by atoms with Gasteiger partial charge >= 0.3 is 12.1 Å². The van der Waals surface area contributed by atoms with Gasteiger partial charge in [0.1, 0.15) is 5.82 Å². The van der Waals surface area contributed by atoms with E-state index in [-0.39, 0.29) is 17.8 Å². The van der Waals surface area contributed by atoms with Crippen molar-refractivity contribution in [2.45, 2.75) is 44.8 Å². The largest absolute Gasteiger partial charge is 0.481 e. The molecule has 0 radical (unpaired) electrons. The van der Waals surface area contributed by atoms with Crippen LogP contribution in [0.4, 0.5) is 30.6 Å². The average molecular weight is 394 g/mol. The fourth-order valence-electron chi connectivity index (χ4n) is 2.83. The third-order valence-corrected chi connectivity index (χ3v) is 5.00. The van der Waals surface area contributed by atoms with E-state index in [0.29, 0.717) is 17.8 Å². The van der Waals surface area contributed by atoms with Crippen molar-refractivity contribution in [3.8, 4) is 0 Å². The molecule has 1 aliphatic heterocycles. The lowest BCUT2D eigenvalue weighted by Gasteiger charge is -2.38. The fraction of sp³-hybridized carbons (Fsp3) is 0.421. The number of hydrogen-bond acceptors (Lipinski definition) is 5. The summed E-state index contributed by atoms with van der Waals surface area (Å²) in [5.74, 6) is -0.895. The minimum atomic E-state index is -4.59. The zero-order chi connectivity index (χ0) is 20.7. The summed E-state index contributed by atoms with van der Waals surface area (Å²) in [7, 11) is 0. The first-order valence-electron chi connectivity index (χ1n) is 8.82. The third kappa shape index (κ3) is 3.88. The molecular weight excluding hydrogens is 373 g/mol. The third-order valence-electron chi connectivity index (χ3n) is 5.00. The van der Waals surface area contributed by atoms with Crippen molar-refractivity contribution in [2.24, 2.45) is 0 Å². The van der Waals surface area contributed by atoms with E-state index in [2.05, 4.69) is 15.3 Å². The van der Waals surface area contributed by atoms with Gasteiger partial charge in [0.05, 0.1) is 5.41 Å². The summed E-state index contributed by atoms with van der Waals surface area (Å²) in [6.07, 6.45) is -3.71. The minimum absolute atomic E-state index is 0.0293. The Labute approximate surface area is 160 Å². The number of aliphatic carboxylic acids is 1. The number of benzene rings is 1. The van der Waals surface area contributed by atoms with Crippen LogP contribution >= 0.6 is 0 Å². The minimum Gasteiger partial charge on any atom is -0.481 e. The van der Waals surface area contributed by atoms with Crippen molar-refractivity contribution in [1.29, 1.82) is 0 Å². The second kappa shape index (κ2) is 6.96. The van der Waals surface area contributed by atoms with E-state index in [9.17, 15) is 23.1 Å². The van der Waals surface area contributed by atoms with Crippen LogP contribution in [-0.2, 0) is 16.4 Å². The molecule has 0 saturated carbocycles. The highest BCUT2D eigenvalue weighted by atomic mass is 19.4. The molecular formula is C19H21F3N4O2.